The van der Waals surface area contributed by atoms with Crippen LogP contribution in [0.1, 0.15) is 129 Å². The number of rotatable bonds is 6. The van der Waals surface area contributed by atoms with E-state index in [1.54, 1.807) is 38.5 Å². The van der Waals surface area contributed by atoms with E-state index in [-0.39, 0.29) is 0 Å². The quantitative estimate of drug-likeness (QED) is 0.437. The first kappa shape index (κ1) is 21.9. The monoisotopic (exact) mass is 400 g/mol. The number of hydrogen-bond acceptors (Lipinski definition) is 1. The zero-order valence-corrected chi connectivity index (χ0v) is 19.4. The molecule has 166 valence electrons. The van der Waals surface area contributed by atoms with Crippen molar-refractivity contribution >= 4 is 5.78 Å². The van der Waals surface area contributed by atoms with Crippen LogP contribution in [0.15, 0.2) is 0 Å². The third kappa shape index (κ3) is 6.83. The Hall–Kier alpha value is -0.330. The zero-order chi connectivity index (χ0) is 20.1. The molecule has 0 radical (unpaired) electrons. The second kappa shape index (κ2) is 10.8. The maximum atomic E-state index is 11.5. The first-order valence-corrected chi connectivity index (χ1v) is 13.7. The van der Waals surface area contributed by atoms with Crippen molar-refractivity contribution in [1.82, 2.24) is 0 Å². The summed E-state index contributed by atoms with van der Waals surface area (Å²) < 4.78 is 0. The van der Waals surface area contributed by atoms with Gasteiger partial charge in [0.2, 0.25) is 0 Å². The van der Waals surface area contributed by atoms with Crippen LogP contribution < -0.4 is 0 Å². The fourth-order valence-electron chi connectivity index (χ4n) is 7.62. The van der Waals surface area contributed by atoms with E-state index in [1.165, 1.54) is 70.6 Å². The van der Waals surface area contributed by atoms with Gasteiger partial charge in [-0.05, 0) is 73.5 Å². The molecule has 4 fully saturated rings. The number of carbonyl (C=O) groups is 1. The molecule has 0 aromatic rings. The number of hydrogen-bond donors (Lipinski definition) is 0. The van der Waals surface area contributed by atoms with Crippen molar-refractivity contribution in [3.8, 4) is 0 Å². The van der Waals surface area contributed by atoms with E-state index in [0.29, 0.717) is 5.78 Å². The third-order valence-electron chi connectivity index (χ3n) is 9.73. The maximum absolute atomic E-state index is 11.5. The minimum Gasteiger partial charge on any atom is -0.300 e. The molecular formula is C28H48O. The van der Waals surface area contributed by atoms with Crippen molar-refractivity contribution in [2.24, 2.45) is 41.4 Å². The lowest BCUT2D eigenvalue weighted by molar-refractivity contribution is -0.121. The fraction of sp³-hybridized carbons (Fsp3) is 0.964. The molecule has 0 spiro atoms. The molecule has 1 nitrogen and oxygen atoms in total. The Bertz CT molecular complexity index is 476. The van der Waals surface area contributed by atoms with Gasteiger partial charge >= 0.3 is 0 Å². The van der Waals surface area contributed by atoms with E-state index in [4.69, 9.17) is 0 Å². The van der Waals surface area contributed by atoms with Crippen molar-refractivity contribution < 1.29 is 4.79 Å². The Balaban J connectivity index is 1.08. The summed E-state index contributed by atoms with van der Waals surface area (Å²) in [7, 11) is 0. The van der Waals surface area contributed by atoms with Crippen LogP contribution >= 0.6 is 0 Å². The van der Waals surface area contributed by atoms with Gasteiger partial charge in [-0.1, -0.05) is 84.0 Å². The molecule has 0 aromatic carbocycles. The topological polar surface area (TPSA) is 17.1 Å². The first-order valence-electron chi connectivity index (χ1n) is 13.7. The van der Waals surface area contributed by atoms with Gasteiger partial charge < -0.3 is 0 Å². The summed E-state index contributed by atoms with van der Waals surface area (Å²) in [5.74, 6) is 7.63. The molecule has 0 atom stereocenters. The van der Waals surface area contributed by atoms with Crippen LogP contribution in [-0.2, 0) is 4.79 Å². The normalized spacial score (nSPS) is 40.1. The molecule has 0 N–H and O–H groups in total. The molecule has 0 unspecified atom stereocenters. The molecule has 0 amide bonds. The lowest BCUT2D eigenvalue weighted by Crippen LogP contribution is -2.24. The second-order valence-electron chi connectivity index (χ2n) is 12.1. The van der Waals surface area contributed by atoms with Crippen LogP contribution in [0.3, 0.4) is 0 Å². The Labute approximate surface area is 181 Å². The lowest BCUT2D eigenvalue weighted by Gasteiger charge is -2.36. The summed E-state index contributed by atoms with van der Waals surface area (Å²) in [5, 5.41) is 0. The highest BCUT2D eigenvalue weighted by molar-refractivity contribution is 5.78. The van der Waals surface area contributed by atoms with Gasteiger partial charge in [-0.15, -0.1) is 0 Å². The zero-order valence-electron chi connectivity index (χ0n) is 19.4. The number of carbonyl (C=O) groups excluding carboxylic acids is 1. The smallest absolute Gasteiger partial charge is 0.132 e. The van der Waals surface area contributed by atoms with E-state index in [2.05, 4.69) is 6.92 Å². The van der Waals surface area contributed by atoms with E-state index in [9.17, 15) is 4.79 Å². The lowest BCUT2D eigenvalue weighted by atomic mass is 9.69. The molecule has 4 rings (SSSR count). The molecule has 0 heterocycles. The van der Waals surface area contributed by atoms with Gasteiger partial charge in [0.25, 0.3) is 0 Å². The molecule has 0 aliphatic heterocycles. The van der Waals surface area contributed by atoms with Crippen LogP contribution in [0, 0.1) is 41.4 Å². The first-order chi connectivity index (χ1) is 14.1. The molecule has 0 aromatic heterocycles. The minimum absolute atomic E-state index is 0.521. The van der Waals surface area contributed by atoms with Crippen LogP contribution in [0.5, 0.6) is 0 Å². The SMILES string of the molecule is CC1CCC(CC2CCC(CC3CCC(CC4CCC(=O)CC4)CC3)CC2)CC1. The minimum atomic E-state index is 0.521. The van der Waals surface area contributed by atoms with Crippen LogP contribution in [-0.4, -0.2) is 5.78 Å². The van der Waals surface area contributed by atoms with Crippen LogP contribution in [0.4, 0.5) is 0 Å². The Morgan fingerprint density at radius 1 is 0.483 bits per heavy atom. The fourth-order valence-corrected chi connectivity index (χ4v) is 7.62. The number of Topliss-reactive ketones (excluding diaryl/α,β-unsaturated/α-hetero) is 1. The van der Waals surface area contributed by atoms with Crippen molar-refractivity contribution in [3.63, 3.8) is 0 Å². The Kier molecular flexibility index (Phi) is 8.16. The van der Waals surface area contributed by atoms with E-state index >= 15 is 0 Å². The average Bonchev–Trinajstić information content (AvgIpc) is 2.74. The second-order valence-corrected chi connectivity index (χ2v) is 12.1. The van der Waals surface area contributed by atoms with Gasteiger partial charge in [0, 0.05) is 12.8 Å². The van der Waals surface area contributed by atoms with Crippen LogP contribution in [0.25, 0.3) is 0 Å². The van der Waals surface area contributed by atoms with Gasteiger partial charge in [-0.3, -0.25) is 4.79 Å². The molecule has 4 aliphatic rings. The van der Waals surface area contributed by atoms with E-state index in [1.807, 2.05) is 0 Å². The van der Waals surface area contributed by atoms with Crippen molar-refractivity contribution in [3.05, 3.63) is 0 Å². The van der Waals surface area contributed by atoms with E-state index < -0.39 is 0 Å². The molecule has 4 saturated carbocycles. The summed E-state index contributed by atoms with van der Waals surface area (Å²) in [6.45, 7) is 2.45. The summed E-state index contributed by atoms with van der Waals surface area (Å²) in [4.78, 5) is 11.5. The highest BCUT2D eigenvalue weighted by Gasteiger charge is 2.30. The summed E-state index contributed by atoms with van der Waals surface area (Å²) in [5.41, 5.74) is 0. The summed E-state index contributed by atoms with van der Waals surface area (Å²) in [6, 6.07) is 0. The average molecular weight is 401 g/mol. The highest BCUT2D eigenvalue weighted by atomic mass is 16.1. The van der Waals surface area contributed by atoms with Gasteiger partial charge in [0.1, 0.15) is 5.78 Å². The summed E-state index contributed by atoms with van der Waals surface area (Å²) in [6.07, 6.45) is 27.0. The molecule has 29 heavy (non-hydrogen) atoms. The third-order valence-corrected chi connectivity index (χ3v) is 9.73. The predicted octanol–water partition coefficient (Wildman–Crippen LogP) is 8.36. The molecule has 0 bridgehead atoms. The standard InChI is InChI=1S/C28H48O/c1-21-2-4-22(5-3-21)18-23-6-8-24(9-7-23)19-25-10-12-26(13-11-25)20-27-14-16-28(29)17-15-27/h21-27H,2-20H2,1H3. The van der Waals surface area contributed by atoms with Gasteiger partial charge in [0.05, 0.1) is 0 Å². The highest BCUT2D eigenvalue weighted by Crippen LogP contribution is 2.43. The Morgan fingerprint density at radius 2 is 0.759 bits per heavy atom. The van der Waals surface area contributed by atoms with Gasteiger partial charge in [-0.25, -0.2) is 0 Å². The van der Waals surface area contributed by atoms with Gasteiger partial charge in [-0.2, -0.15) is 0 Å². The van der Waals surface area contributed by atoms with Crippen molar-refractivity contribution in [1.29, 1.82) is 0 Å². The molecular weight excluding hydrogens is 352 g/mol. The maximum Gasteiger partial charge on any atom is 0.132 e. The van der Waals surface area contributed by atoms with Crippen molar-refractivity contribution in [2.45, 2.75) is 129 Å². The molecule has 0 saturated heterocycles. The van der Waals surface area contributed by atoms with Gasteiger partial charge in [0.15, 0.2) is 0 Å². The predicted molar refractivity (Wildman–Crippen MR) is 123 cm³/mol. The number of ketones is 1. The molecule has 4 aliphatic carbocycles. The van der Waals surface area contributed by atoms with Crippen molar-refractivity contribution in [2.75, 3.05) is 0 Å². The largest absolute Gasteiger partial charge is 0.300 e. The molecule has 1 heteroatoms. The Morgan fingerprint density at radius 3 is 1.10 bits per heavy atom. The van der Waals surface area contributed by atoms with E-state index in [0.717, 1.165) is 54.3 Å². The van der Waals surface area contributed by atoms with Crippen LogP contribution in [0.2, 0.25) is 0 Å². The summed E-state index contributed by atoms with van der Waals surface area (Å²) >= 11 is 0.